The summed E-state index contributed by atoms with van der Waals surface area (Å²) in [5, 5.41) is 1.02. The van der Waals surface area contributed by atoms with Crippen LogP contribution in [0.3, 0.4) is 0 Å². The van der Waals surface area contributed by atoms with E-state index < -0.39 is 0 Å². The van der Waals surface area contributed by atoms with Crippen molar-refractivity contribution in [2.24, 2.45) is 0 Å². The predicted octanol–water partition coefficient (Wildman–Crippen LogP) is 3.76. The molecule has 0 saturated heterocycles. The minimum absolute atomic E-state index is 0.0281. The van der Waals surface area contributed by atoms with Crippen molar-refractivity contribution >= 4 is 16.7 Å². The van der Waals surface area contributed by atoms with E-state index in [1.807, 2.05) is 42.5 Å². The van der Waals surface area contributed by atoms with Gasteiger partial charge in [-0.05, 0) is 41.8 Å². The molecule has 0 spiro atoms. The molecule has 2 nitrogen and oxygen atoms in total. The highest BCUT2D eigenvalue weighted by molar-refractivity contribution is 6.04. The summed E-state index contributed by atoms with van der Waals surface area (Å²) in [5.74, 6) is 0.245. The molecule has 4 rings (SSSR count). The molecule has 1 aromatic heterocycles. The van der Waals surface area contributed by atoms with Gasteiger partial charge in [0.1, 0.15) is 0 Å². The van der Waals surface area contributed by atoms with Gasteiger partial charge in [0.2, 0.25) is 0 Å². The zero-order chi connectivity index (χ0) is 13.5. The number of fused-ring (bicyclic) bond motifs is 2. The van der Waals surface area contributed by atoms with Gasteiger partial charge in [0.25, 0.3) is 0 Å². The first-order valence-electron chi connectivity index (χ1n) is 6.80. The molecule has 0 bridgehead atoms. The van der Waals surface area contributed by atoms with E-state index in [1.165, 1.54) is 11.1 Å². The fourth-order valence-electron chi connectivity index (χ4n) is 2.92. The fraction of sp³-hybridized carbons (Fsp3) is 0.111. The van der Waals surface area contributed by atoms with Crippen LogP contribution in [0.5, 0.6) is 0 Å². The lowest BCUT2D eigenvalue weighted by Gasteiger charge is -2.28. The number of nitrogens with zero attached hydrogens (tertiary/aromatic N) is 1. The summed E-state index contributed by atoms with van der Waals surface area (Å²) in [4.78, 5) is 16.9. The van der Waals surface area contributed by atoms with Crippen molar-refractivity contribution in [3.8, 4) is 0 Å². The quantitative estimate of drug-likeness (QED) is 0.656. The molecule has 3 aromatic rings. The predicted molar refractivity (Wildman–Crippen MR) is 79.0 cm³/mol. The van der Waals surface area contributed by atoms with E-state index in [4.69, 9.17) is 0 Å². The van der Waals surface area contributed by atoms with Crippen LogP contribution in [0.25, 0.3) is 10.9 Å². The average Bonchev–Trinajstić information content (AvgIpc) is 2.48. The highest BCUT2D eigenvalue weighted by Gasteiger charge is 2.32. The Hall–Kier alpha value is -2.48. The lowest BCUT2D eigenvalue weighted by molar-refractivity contribution is 0.0949. The fourth-order valence-corrected chi connectivity index (χ4v) is 2.92. The van der Waals surface area contributed by atoms with Crippen molar-refractivity contribution in [3.05, 3.63) is 77.5 Å². The molecule has 0 fully saturated rings. The molecule has 0 amide bonds. The second-order valence-corrected chi connectivity index (χ2v) is 5.23. The van der Waals surface area contributed by atoms with Gasteiger partial charge < -0.3 is 0 Å². The first-order valence-corrected chi connectivity index (χ1v) is 6.80. The Bertz CT molecular complexity index is 822. The molecule has 1 atom stereocenters. The topological polar surface area (TPSA) is 30.0 Å². The number of Topliss-reactive ketones (excluding diaryl/α,β-unsaturated/α-hetero) is 1. The molecule has 2 aromatic carbocycles. The minimum Gasteiger partial charge on any atom is -0.293 e. The number of pyridine rings is 1. The van der Waals surface area contributed by atoms with Gasteiger partial charge in [0.15, 0.2) is 5.78 Å². The van der Waals surface area contributed by atoms with Gasteiger partial charge in [-0.2, -0.15) is 0 Å². The van der Waals surface area contributed by atoms with Crippen molar-refractivity contribution in [2.75, 3.05) is 0 Å². The van der Waals surface area contributed by atoms with Gasteiger partial charge >= 0.3 is 0 Å². The first kappa shape index (κ1) is 11.4. The van der Waals surface area contributed by atoms with Crippen LogP contribution in [-0.2, 0) is 6.42 Å². The molecule has 2 heteroatoms. The van der Waals surface area contributed by atoms with Crippen molar-refractivity contribution in [3.63, 3.8) is 0 Å². The number of benzene rings is 2. The summed E-state index contributed by atoms with van der Waals surface area (Å²) in [7, 11) is 0. The van der Waals surface area contributed by atoms with Gasteiger partial charge in [-0.3, -0.25) is 9.78 Å². The third-order valence-electron chi connectivity index (χ3n) is 4.06. The van der Waals surface area contributed by atoms with Gasteiger partial charge in [-0.1, -0.05) is 30.3 Å². The van der Waals surface area contributed by atoms with Crippen LogP contribution in [0.1, 0.15) is 27.4 Å². The van der Waals surface area contributed by atoms with E-state index >= 15 is 0 Å². The van der Waals surface area contributed by atoms with E-state index in [1.54, 1.807) is 6.20 Å². The molecule has 1 heterocycles. The van der Waals surface area contributed by atoms with E-state index in [-0.39, 0.29) is 11.7 Å². The maximum absolute atomic E-state index is 12.6. The molecule has 0 N–H and O–H groups in total. The Morgan fingerprint density at radius 2 is 1.95 bits per heavy atom. The molecule has 0 aliphatic heterocycles. The van der Waals surface area contributed by atoms with Gasteiger partial charge in [0, 0.05) is 17.1 Å². The number of carbonyl (C=O) groups is 1. The maximum Gasteiger partial charge on any atom is 0.170 e. The van der Waals surface area contributed by atoms with Crippen LogP contribution < -0.4 is 0 Å². The molecule has 1 unspecified atom stereocenters. The standard InChI is InChI=1S/C18H13NO/c20-18(16-11-12-4-1-2-6-15(12)16)14-7-8-17-13(10-14)5-3-9-19-17/h1-10,16H,11H2. The second-order valence-electron chi connectivity index (χ2n) is 5.23. The SMILES string of the molecule is O=C(c1ccc2ncccc2c1)C1Cc2ccccc21. The van der Waals surface area contributed by atoms with Crippen LogP contribution in [0, 0.1) is 0 Å². The molecule has 20 heavy (non-hydrogen) atoms. The Morgan fingerprint density at radius 1 is 1.05 bits per heavy atom. The van der Waals surface area contributed by atoms with Crippen LogP contribution in [0.15, 0.2) is 60.8 Å². The Balaban J connectivity index is 1.72. The zero-order valence-electron chi connectivity index (χ0n) is 10.9. The summed E-state index contributed by atoms with van der Waals surface area (Å²) >= 11 is 0. The largest absolute Gasteiger partial charge is 0.293 e. The Kier molecular flexibility index (Phi) is 2.43. The average molecular weight is 259 g/mol. The molecular formula is C18H13NO. The zero-order valence-corrected chi connectivity index (χ0v) is 10.9. The lowest BCUT2D eigenvalue weighted by Crippen LogP contribution is -2.25. The van der Waals surface area contributed by atoms with Gasteiger partial charge in [-0.25, -0.2) is 0 Å². The maximum atomic E-state index is 12.6. The summed E-state index contributed by atoms with van der Waals surface area (Å²) in [6, 6.07) is 17.8. The number of hydrogen-bond acceptors (Lipinski definition) is 2. The molecular weight excluding hydrogens is 246 g/mol. The van der Waals surface area contributed by atoms with Crippen molar-refractivity contribution in [1.29, 1.82) is 0 Å². The Morgan fingerprint density at radius 3 is 2.85 bits per heavy atom. The second kappa shape index (κ2) is 4.27. The first-order chi connectivity index (χ1) is 9.83. The van der Waals surface area contributed by atoms with E-state index in [9.17, 15) is 4.79 Å². The number of rotatable bonds is 2. The van der Waals surface area contributed by atoms with E-state index in [0.717, 1.165) is 22.9 Å². The van der Waals surface area contributed by atoms with Crippen molar-refractivity contribution in [2.45, 2.75) is 12.3 Å². The number of aromatic nitrogens is 1. The van der Waals surface area contributed by atoms with Crippen LogP contribution in [-0.4, -0.2) is 10.8 Å². The number of hydrogen-bond donors (Lipinski definition) is 0. The van der Waals surface area contributed by atoms with Crippen molar-refractivity contribution < 1.29 is 4.79 Å². The van der Waals surface area contributed by atoms with Crippen LogP contribution in [0.4, 0.5) is 0 Å². The van der Waals surface area contributed by atoms with Gasteiger partial charge in [0.05, 0.1) is 11.4 Å². The van der Waals surface area contributed by atoms with E-state index in [0.29, 0.717) is 0 Å². The summed E-state index contributed by atoms with van der Waals surface area (Å²) in [5.41, 5.74) is 4.19. The number of ketones is 1. The monoisotopic (exact) mass is 259 g/mol. The third-order valence-corrected chi connectivity index (χ3v) is 4.06. The normalized spacial score (nSPS) is 16.5. The van der Waals surface area contributed by atoms with Crippen LogP contribution >= 0.6 is 0 Å². The highest BCUT2D eigenvalue weighted by atomic mass is 16.1. The molecule has 0 radical (unpaired) electrons. The molecule has 1 aliphatic rings. The van der Waals surface area contributed by atoms with Gasteiger partial charge in [-0.15, -0.1) is 0 Å². The highest BCUT2D eigenvalue weighted by Crippen LogP contribution is 2.37. The minimum atomic E-state index is 0.0281. The van der Waals surface area contributed by atoms with E-state index in [2.05, 4.69) is 17.1 Å². The van der Waals surface area contributed by atoms with Crippen molar-refractivity contribution in [1.82, 2.24) is 4.98 Å². The van der Waals surface area contributed by atoms with Crippen LogP contribution in [0.2, 0.25) is 0 Å². The molecule has 96 valence electrons. The third kappa shape index (κ3) is 1.65. The number of carbonyl (C=O) groups excluding carboxylic acids is 1. The Labute approximate surface area is 117 Å². The summed E-state index contributed by atoms with van der Waals surface area (Å²) in [6.45, 7) is 0. The molecule has 1 aliphatic carbocycles. The summed E-state index contributed by atoms with van der Waals surface area (Å²) < 4.78 is 0. The summed E-state index contributed by atoms with van der Waals surface area (Å²) in [6.07, 6.45) is 2.63. The lowest BCUT2D eigenvalue weighted by atomic mass is 9.74. The molecule has 0 saturated carbocycles. The smallest absolute Gasteiger partial charge is 0.170 e.